The molecular formula is C19H21N3O4S. The zero-order valence-corrected chi connectivity index (χ0v) is 15.8. The molecule has 2 heterocycles. The number of hydrogen-bond acceptors (Lipinski definition) is 5. The minimum Gasteiger partial charge on any atom is -0.478 e. The first-order valence-electron chi connectivity index (χ1n) is 8.77. The molecule has 2 amide bonds. The van der Waals surface area contributed by atoms with Crippen molar-refractivity contribution in [2.24, 2.45) is 5.92 Å². The number of thiazole rings is 1. The molecule has 0 saturated carbocycles. The standard InChI is InChI=1S/C19H21N3O4S/c1-12(23)22-7-5-13(6-8-22)10-20-17(24)16-11-21-18(27-16)14-3-2-4-15(9-14)19(25)26/h2-4,9,11,13H,5-8,10H2,1H3,(H,20,24)(H,25,26). The van der Waals surface area contributed by atoms with Crippen LogP contribution < -0.4 is 5.32 Å². The largest absolute Gasteiger partial charge is 0.478 e. The van der Waals surface area contributed by atoms with Crippen LogP contribution in [-0.4, -0.2) is 52.4 Å². The lowest BCUT2D eigenvalue weighted by Crippen LogP contribution is -2.40. The molecule has 0 unspecified atom stereocenters. The fraction of sp³-hybridized carbons (Fsp3) is 0.368. The van der Waals surface area contributed by atoms with Crippen molar-refractivity contribution >= 4 is 29.1 Å². The lowest BCUT2D eigenvalue weighted by atomic mass is 9.97. The van der Waals surface area contributed by atoms with Gasteiger partial charge < -0.3 is 15.3 Å². The molecule has 1 fully saturated rings. The van der Waals surface area contributed by atoms with Crippen molar-refractivity contribution in [3.63, 3.8) is 0 Å². The topological polar surface area (TPSA) is 99.6 Å². The van der Waals surface area contributed by atoms with Gasteiger partial charge in [0.2, 0.25) is 5.91 Å². The molecule has 2 aromatic rings. The van der Waals surface area contributed by atoms with Gasteiger partial charge in [0.1, 0.15) is 9.88 Å². The summed E-state index contributed by atoms with van der Waals surface area (Å²) in [7, 11) is 0. The third kappa shape index (κ3) is 4.71. The molecule has 1 aliphatic rings. The van der Waals surface area contributed by atoms with E-state index in [1.54, 1.807) is 25.1 Å². The maximum atomic E-state index is 12.4. The Kier molecular flexibility index (Phi) is 5.85. The number of amides is 2. The van der Waals surface area contributed by atoms with Crippen LogP contribution in [0.2, 0.25) is 0 Å². The number of rotatable bonds is 5. The third-order valence-corrected chi connectivity index (χ3v) is 5.74. The Bertz CT molecular complexity index is 856. The molecule has 142 valence electrons. The summed E-state index contributed by atoms with van der Waals surface area (Å²) in [5, 5.41) is 12.6. The molecule has 0 atom stereocenters. The zero-order chi connectivity index (χ0) is 19.4. The van der Waals surface area contributed by atoms with Crippen LogP contribution in [0, 0.1) is 5.92 Å². The average Bonchev–Trinajstić information content (AvgIpc) is 3.17. The summed E-state index contributed by atoms with van der Waals surface area (Å²) in [6.07, 6.45) is 3.28. The van der Waals surface area contributed by atoms with Crippen molar-refractivity contribution in [3.8, 4) is 10.6 Å². The van der Waals surface area contributed by atoms with Gasteiger partial charge in [0, 0.05) is 32.1 Å². The molecular weight excluding hydrogens is 366 g/mol. The first kappa shape index (κ1) is 19.0. The molecule has 1 aliphatic heterocycles. The van der Waals surface area contributed by atoms with Gasteiger partial charge in [0.05, 0.1) is 11.8 Å². The van der Waals surface area contributed by atoms with Crippen LogP contribution in [0.15, 0.2) is 30.5 Å². The van der Waals surface area contributed by atoms with Gasteiger partial charge in [-0.2, -0.15) is 0 Å². The van der Waals surface area contributed by atoms with Gasteiger partial charge in [-0.05, 0) is 30.9 Å². The number of likely N-dealkylation sites (tertiary alicyclic amines) is 1. The smallest absolute Gasteiger partial charge is 0.335 e. The van der Waals surface area contributed by atoms with Crippen molar-refractivity contribution in [1.29, 1.82) is 0 Å². The van der Waals surface area contributed by atoms with Gasteiger partial charge in [-0.3, -0.25) is 9.59 Å². The molecule has 1 aromatic carbocycles. The maximum absolute atomic E-state index is 12.4. The molecule has 2 N–H and O–H groups in total. The molecule has 3 rings (SSSR count). The van der Waals surface area contributed by atoms with Crippen LogP contribution in [0.1, 0.15) is 39.8 Å². The number of benzene rings is 1. The lowest BCUT2D eigenvalue weighted by molar-refractivity contribution is -0.130. The normalized spacial score (nSPS) is 14.8. The van der Waals surface area contributed by atoms with Gasteiger partial charge >= 0.3 is 5.97 Å². The first-order chi connectivity index (χ1) is 12.9. The summed E-state index contributed by atoms with van der Waals surface area (Å²) < 4.78 is 0. The van der Waals surface area contributed by atoms with E-state index in [1.807, 2.05) is 4.90 Å². The van der Waals surface area contributed by atoms with Crippen molar-refractivity contribution in [3.05, 3.63) is 40.9 Å². The van der Waals surface area contributed by atoms with E-state index >= 15 is 0 Å². The average molecular weight is 387 g/mol. The number of hydrogen-bond donors (Lipinski definition) is 2. The van der Waals surface area contributed by atoms with E-state index in [0.717, 1.165) is 25.9 Å². The van der Waals surface area contributed by atoms with E-state index < -0.39 is 5.97 Å². The van der Waals surface area contributed by atoms with Gasteiger partial charge in [-0.25, -0.2) is 9.78 Å². The summed E-state index contributed by atoms with van der Waals surface area (Å²) in [5.41, 5.74) is 0.862. The molecule has 0 aliphatic carbocycles. The van der Waals surface area contributed by atoms with Gasteiger partial charge in [0.25, 0.3) is 5.91 Å². The molecule has 1 aromatic heterocycles. The van der Waals surface area contributed by atoms with E-state index in [0.29, 0.717) is 27.9 Å². The first-order valence-corrected chi connectivity index (χ1v) is 9.59. The number of carbonyl (C=O) groups excluding carboxylic acids is 2. The lowest BCUT2D eigenvalue weighted by Gasteiger charge is -2.31. The summed E-state index contributed by atoms with van der Waals surface area (Å²) in [6.45, 7) is 3.63. The van der Waals surface area contributed by atoms with Gasteiger partial charge in [-0.1, -0.05) is 12.1 Å². The predicted molar refractivity (Wildman–Crippen MR) is 102 cm³/mol. The van der Waals surface area contributed by atoms with Crippen molar-refractivity contribution < 1.29 is 19.5 Å². The zero-order valence-electron chi connectivity index (χ0n) is 15.0. The Balaban J connectivity index is 1.57. The summed E-state index contributed by atoms with van der Waals surface area (Å²) >= 11 is 1.24. The minimum atomic E-state index is -0.998. The summed E-state index contributed by atoms with van der Waals surface area (Å²) in [6, 6.07) is 6.50. The molecule has 1 saturated heterocycles. The third-order valence-electron chi connectivity index (χ3n) is 4.70. The quantitative estimate of drug-likeness (QED) is 0.821. The second-order valence-electron chi connectivity index (χ2n) is 6.58. The van der Waals surface area contributed by atoms with E-state index in [1.165, 1.54) is 23.6 Å². The van der Waals surface area contributed by atoms with Crippen LogP contribution >= 0.6 is 11.3 Å². The molecule has 0 bridgehead atoms. The van der Waals surface area contributed by atoms with Crippen LogP contribution in [0.3, 0.4) is 0 Å². The fourth-order valence-corrected chi connectivity index (χ4v) is 3.90. The second kappa shape index (κ2) is 8.30. The van der Waals surface area contributed by atoms with E-state index in [2.05, 4.69) is 10.3 Å². The Morgan fingerprint density at radius 3 is 2.70 bits per heavy atom. The number of carbonyl (C=O) groups is 3. The van der Waals surface area contributed by atoms with Gasteiger partial charge in [-0.15, -0.1) is 11.3 Å². The van der Waals surface area contributed by atoms with Crippen LogP contribution in [0.5, 0.6) is 0 Å². The number of carboxylic acid groups (broad SMARTS) is 1. The van der Waals surface area contributed by atoms with Crippen molar-refractivity contribution in [1.82, 2.24) is 15.2 Å². The van der Waals surface area contributed by atoms with Crippen molar-refractivity contribution in [2.45, 2.75) is 19.8 Å². The summed E-state index contributed by atoms with van der Waals surface area (Å²) in [5.74, 6) is -0.713. The second-order valence-corrected chi connectivity index (χ2v) is 7.61. The molecule has 7 nitrogen and oxygen atoms in total. The Labute approximate surface area is 161 Å². The number of carboxylic acids is 1. The molecule has 8 heteroatoms. The highest BCUT2D eigenvalue weighted by Gasteiger charge is 2.21. The van der Waals surface area contributed by atoms with E-state index in [-0.39, 0.29) is 17.4 Å². The highest BCUT2D eigenvalue weighted by molar-refractivity contribution is 7.16. The van der Waals surface area contributed by atoms with Crippen LogP contribution in [0.25, 0.3) is 10.6 Å². The van der Waals surface area contributed by atoms with Crippen LogP contribution in [0.4, 0.5) is 0 Å². The fourth-order valence-electron chi connectivity index (χ4n) is 3.07. The summed E-state index contributed by atoms with van der Waals surface area (Å²) in [4.78, 5) is 41.4. The maximum Gasteiger partial charge on any atom is 0.335 e. The van der Waals surface area contributed by atoms with Crippen molar-refractivity contribution in [2.75, 3.05) is 19.6 Å². The highest BCUT2D eigenvalue weighted by atomic mass is 32.1. The van der Waals surface area contributed by atoms with Gasteiger partial charge in [0.15, 0.2) is 0 Å². The van der Waals surface area contributed by atoms with E-state index in [4.69, 9.17) is 5.11 Å². The number of aromatic carboxylic acids is 1. The predicted octanol–water partition coefficient (Wildman–Crippen LogP) is 2.50. The molecule has 0 spiro atoms. The minimum absolute atomic E-state index is 0.0987. The monoisotopic (exact) mass is 387 g/mol. The Hall–Kier alpha value is -2.74. The molecule has 27 heavy (non-hydrogen) atoms. The van der Waals surface area contributed by atoms with Crippen LogP contribution in [-0.2, 0) is 4.79 Å². The number of nitrogens with one attached hydrogen (secondary N) is 1. The number of aromatic nitrogens is 1. The molecule has 0 radical (unpaired) electrons. The number of nitrogens with zero attached hydrogens (tertiary/aromatic N) is 2. The Morgan fingerprint density at radius 2 is 2.04 bits per heavy atom. The highest BCUT2D eigenvalue weighted by Crippen LogP contribution is 2.26. The number of piperidine rings is 1. The Morgan fingerprint density at radius 1 is 1.30 bits per heavy atom. The SMILES string of the molecule is CC(=O)N1CCC(CNC(=O)c2cnc(-c3cccc(C(=O)O)c3)s2)CC1. The van der Waals surface area contributed by atoms with E-state index in [9.17, 15) is 14.4 Å².